The summed E-state index contributed by atoms with van der Waals surface area (Å²) in [6.07, 6.45) is 101. The van der Waals surface area contributed by atoms with E-state index in [9.17, 15) is 5.53 Å². The van der Waals surface area contributed by atoms with Crippen LogP contribution < -0.4 is 0 Å². The van der Waals surface area contributed by atoms with Crippen molar-refractivity contribution < 1.29 is 25.1 Å². The number of benzene rings is 2. The van der Waals surface area contributed by atoms with Crippen molar-refractivity contribution in [1.29, 1.82) is 0 Å². The molecule has 1 aliphatic heterocycles. The topological polar surface area (TPSA) is 25.3 Å². The van der Waals surface area contributed by atoms with E-state index in [1.807, 2.05) is 0 Å². The Balaban J connectivity index is 0.00000141. The molecule has 0 saturated carbocycles. The summed E-state index contributed by atoms with van der Waals surface area (Å²) in [5.74, 6) is 0. The normalized spacial score (nSPS) is 12.1. The van der Waals surface area contributed by atoms with E-state index in [0.717, 1.165) is 54.6 Å². The number of rotatable bonds is 70. The molecule has 0 bridgehead atoms. The van der Waals surface area contributed by atoms with Gasteiger partial charge < -0.3 is 19.4 Å². The van der Waals surface area contributed by atoms with Crippen molar-refractivity contribution >= 4 is 11.4 Å². The molecule has 0 spiro atoms. The van der Waals surface area contributed by atoms with Gasteiger partial charge in [-0.25, -0.2) is 4.70 Å². The smallest absolute Gasteiger partial charge is 0.493 e. The molecule has 0 atom stereocenters. The van der Waals surface area contributed by atoms with Crippen molar-refractivity contribution in [3.8, 4) is 0 Å². The molecule has 1 aliphatic rings. The predicted octanol–water partition coefficient (Wildman–Crippen LogP) is 33.8. The first-order valence-corrected chi connectivity index (χ1v) is 43.7. The number of nitrogens with zero attached hydrogens (tertiary/aromatic N) is 2. The van der Waals surface area contributed by atoms with Crippen LogP contribution in [0.15, 0.2) is 60.2 Å². The van der Waals surface area contributed by atoms with Crippen molar-refractivity contribution in [1.82, 2.24) is 0 Å². The Hall–Kier alpha value is -1.82. The van der Waals surface area contributed by atoms with Crippen LogP contribution in [0.5, 0.6) is 0 Å². The van der Waals surface area contributed by atoms with Crippen LogP contribution in [0.4, 0.5) is 0 Å². The Morgan fingerprint density at radius 2 is 0.510 bits per heavy atom. The third-order valence-corrected chi connectivity index (χ3v) is 20.9. The molecule has 2 nitrogen and oxygen atoms in total. The molecule has 96 heavy (non-hydrogen) atoms. The number of allylic oxidation sites excluding steroid dienone is 2. The number of hydrogen-bond donors (Lipinski definition) is 0. The fraction of sp³-hybridized carbons (Fsp3) is 0.806. The van der Waals surface area contributed by atoms with Crippen molar-refractivity contribution in [3.05, 3.63) is 102 Å². The summed E-state index contributed by atoms with van der Waals surface area (Å²) in [6.45, 7) is 19.2. The van der Waals surface area contributed by atoms with Crippen molar-refractivity contribution in [2.24, 2.45) is 0 Å². The molecule has 2 aromatic carbocycles. The van der Waals surface area contributed by atoms with Gasteiger partial charge >= 0.3 is 20.4 Å². The van der Waals surface area contributed by atoms with Crippen LogP contribution >= 0.6 is 0 Å². The number of unbranched alkanes of at least 4 members (excludes halogenated alkanes) is 62. The average Bonchev–Trinajstić information content (AvgIpc) is 1.63. The summed E-state index contributed by atoms with van der Waals surface area (Å²) < 4.78 is 1.46. The van der Waals surface area contributed by atoms with E-state index in [4.69, 9.17) is 0 Å². The minimum Gasteiger partial charge on any atom is -0.493 e. The van der Waals surface area contributed by atoms with E-state index in [2.05, 4.69) is 103 Å². The Bertz CT molecular complexity index is 1810. The van der Waals surface area contributed by atoms with Crippen molar-refractivity contribution in [2.75, 3.05) is 0 Å². The fourth-order valence-corrected chi connectivity index (χ4v) is 14.4. The SMILES string of the molecule is CCCCCCCCC1=C(c2cccc(CCCCC)c2)[N+](=[N-])C(c2ccc(CCCC)cc2)=C1.[CH2-]CCCCCCCCCCCCCCCCCCCCCCCCCCCCC.[CH2-]CCCCCCCCCCCCCCCCCCCCCCCCCCCCC.[Pd+2]. The summed E-state index contributed by atoms with van der Waals surface area (Å²) in [6, 6.07) is 17.6. The van der Waals surface area contributed by atoms with Crippen molar-refractivity contribution in [2.45, 2.75) is 484 Å². The first-order chi connectivity index (χ1) is 47.0. The minimum atomic E-state index is 0. The molecule has 0 unspecified atom stereocenters. The van der Waals surface area contributed by atoms with Gasteiger partial charge in [0.15, 0.2) is 0 Å². The van der Waals surface area contributed by atoms with Gasteiger partial charge in [-0.3, -0.25) is 0 Å². The standard InChI is InChI=1S/C33H46N2.2C30H61.Pd/c1-4-7-10-11-12-14-19-31-26-32(29-23-21-27(22-24-29)16-9-6-3)35(34)33(31)30-20-15-18-28(25-30)17-13-8-5-2;2*1-3-5-7-9-11-13-15-17-19-21-23-25-27-29-30-28-26-24-22-20-18-16-14-12-10-8-6-4-2;/h15,18,20-26H,4-14,16-17,19H2,1-3H3;2*1,3-30H2,2H3;/q;2*-1;+2. The van der Waals surface area contributed by atoms with Crippen LogP contribution in [0.3, 0.4) is 0 Å². The molecule has 3 heteroatoms. The van der Waals surface area contributed by atoms with E-state index in [1.54, 1.807) is 0 Å². The summed E-state index contributed by atoms with van der Waals surface area (Å²) >= 11 is 0. The van der Waals surface area contributed by atoms with Gasteiger partial charge in [0.2, 0.25) is 11.4 Å². The molecule has 0 amide bonds. The molecule has 0 radical (unpaired) electrons. The maximum Gasteiger partial charge on any atom is 2.00 e. The van der Waals surface area contributed by atoms with E-state index in [1.165, 1.54) is 439 Å². The number of hydrogen-bond acceptors (Lipinski definition) is 0. The molecule has 3 rings (SSSR count). The zero-order valence-electron chi connectivity index (χ0n) is 65.8. The second-order valence-corrected chi connectivity index (χ2v) is 30.3. The van der Waals surface area contributed by atoms with Crippen LogP contribution in [0.25, 0.3) is 16.9 Å². The largest absolute Gasteiger partial charge is 2.00 e. The van der Waals surface area contributed by atoms with Gasteiger partial charge in [0, 0.05) is 22.8 Å². The third-order valence-electron chi connectivity index (χ3n) is 20.9. The molecule has 0 fully saturated rings. The van der Waals surface area contributed by atoms with E-state index < -0.39 is 0 Å². The van der Waals surface area contributed by atoms with Crippen LogP contribution in [0, 0.1) is 13.8 Å². The molecule has 1 heterocycles. The van der Waals surface area contributed by atoms with E-state index in [0.29, 0.717) is 0 Å². The molecule has 0 saturated heterocycles. The molecule has 0 aromatic heterocycles. The Morgan fingerprint density at radius 1 is 0.260 bits per heavy atom. The summed E-state index contributed by atoms with van der Waals surface area (Å²) in [7, 11) is 0. The maximum atomic E-state index is 11.4. The third kappa shape index (κ3) is 59.8. The summed E-state index contributed by atoms with van der Waals surface area (Å²) in [5, 5.41) is 0. The molecular weight excluding hydrogens is 1250 g/mol. The quantitative estimate of drug-likeness (QED) is 0.0273. The molecule has 0 aliphatic carbocycles. The molecule has 2 aromatic rings. The van der Waals surface area contributed by atoms with Crippen LogP contribution in [0.1, 0.15) is 493 Å². The first-order valence-electron chi connectivity index (χ1n) is 43.7. The maximum absolute atomic E-state index is 11.4. The van der Waals surface area contributed by atoms with Gasteiger partial charge in [0.05, 0.1) is 0 Å². The number of aryl methyl sites for hydroxylation is 2. The molecule has 560 valence electrons. The molecule has 0 N–H and O–H groups in total. The van der Waals surface area contributed by atoms with Gasteiger partial charge in [-0.1, -0.05) is 457 Å². The van der Waals surface area contributed by atoms with E-state index >= 15 is 0 Å². The summed E-state index contributed by atoms with van der Waals surface area (Å²) in [5.41, 5.74) is 19.5. The van der Waals surface area contributed by atoms with Gasteiger partial charge in [-0.2, -0.15) is 12.8 Å². The minimum absolute atomic E-state index is 0. The monoisotopic (exact) mass is 1420 g/mol. The van der Waals surface area contributed by atoms with Gasteiger partial charge in [0.25, 0.3) is 0 Å². The van der Waals surface area contributed by atoms with Gasteiger partial charge in [0.1, 0.15) is 0 Å². The van der Waals surface area contributed by atoms with Gasteiger partial charge in [-0.15, -0.1) is 0 Å². The van der Waals surface area contributed by atoms with Crippen LogP contribution in [0.2, 0.25) is 0 Å². The average molecular weight is 1420 g/mol. The second-order valence-electron chi connectivity index (χ2n) is 30.3. The van der Waals surface area contributed by atoms with E-state index in [-0.39, 0.29) is 20.4 Å². The zero-order chi connectivity index (χ0) is 68.5. The van der Waals surface area contributed by atoms with Crippen LogP contribution in [-0.4, -0.2) is 4.70 Å². The second kappa shape index (κ2) is 77.3. The Morgan fingerprint density at radius 3 is 0.802 bits per heavy atom. The molecular formula is C93H168N2Pd. The summed E-state index contributed by atoms with van der Waals surface area (Å²) in [4.78, 5) is 0. The Kier molecular flexibility index (Phi) is 75.9. The van der Waals surface area contributed by atoms with Crippen LogP contribution in [-0.2, 0) is 33.3 Å². The predicted molar refractivity (Wildman–Crippen MR) is 432 cm³/mol. The van der Waals surface area contributed by atoms with Gasteiger partial charge in [-0.05, 0) is 73.9 Å². The first kappa shape index (κ1) is 94.2. The zero-order valence-corrected chi connectivity index (χ0v) is 67.4. The Labute approximate surface area is 618 Å². The van der Waals surface area contributed by atoms with Crippen molar-refractivity contribution in [3.63, 3.8) is 0 Å². The fourth-order valence-electron chi connectivity index (χ4n) is 14.4.